The summed E-state index contributed by atoms with van der Waals surface area (Å²) in [7, 11) is 0. The van der Waals surface area contributed by atoms with Crippen LogP contribution in [-0.2, 0) is 6.18 Å². The number of nitrogens with one attached hydrogen (secondary N) is 2. The summed E-state index contributed by atoms with van der Waals surface area (Å²) < 4.78 is 41.6. The second-order valence-corrected chi connectivity index (χ2v) is 9.01. The molecule has 2 amide bonds. The summed E-state index contributed by atoms with van der Waals surface area (Å²) in [6.45, 7) is 5.24. The number of halogens is 5. The molecule has 0 atom stereocenters. The van der Waals surface area contributed by atoms with Crippen molar-refractivity contribution < 1.29 is 22.8 Å². The van der Waals surface area contributed by atoms with E-state index in [2.05, 4.69) is 20.7 Å². The average molecular weight is 592 g/mol. The molecular formula is C21H18ClF3IN5O2. The van der Waals surface area contributed by atoms with Crippen LogP contribution in [0.4, 0.5) is 18.9 Å². The van der Waals surface area contributed by atoms with Crippen molar-refractivity contribution in [2.75, 3.05) is 5.32 Å². The summed E-state index contributed by atoms with van der Waals surface area (Å²) in [5, 5.41) is 8.83. The Morgan fingerprint density at radius 1 is 1.18 bits per heavy atom. The van der Waals surface area contributed by atoms with Crippen LogP contribution in [0.25, 0.3) is 5.82 Å². The van der Waals surface area contributed by atoms with E-state index in [-0.39, 0.29) is 28.1 Å². The third kappa shape index (κ3) is 5.64. The third-order valence-corrected chi connectivity index (χ3v) is 5.29. The smallest absolute Gasteiger partial charge is 0.350 e. The Morgan fingerprint density at radius 2 is 1.88 bits per heavy atom. The molecule has 174 valence electrons. The number of rotatable bonds is 5. The van der Waals surface area contributed by atoms with Crippen molar-refractivity contribution in [3.05, 3.63) is 67.6 Å². The molecule has 0 unspecified atom stereocenters. The van der Waals surface area contributed by atoms with Crippen molar-refractivity contribution in [3.63, 3.8) is 0 Å². The lowest BCUT2D eigenvalue weighted by atomic mass is 10.1. The Balaban J connectivity index is 2.10. The first kappa shape index (κ1) is 25.0. The fourth-order valence-corrected chi connectivity index (χ4v) is 3.96. The van der Waals surface area contributed by atoms with Crippen LogP contribution in [0.1, 0.15) is 46.0 Å². The zero-order chi connectivity index (χ0) is 24.5. The zero-order valence-electron chi connectivity index (χ0n) is 17.6. The second-order valence-electron chi connectivity index (χ2n) is 7.36. The van der Waals surface area contributed by atoms with Crippen LogP contribution in [0.2, 0.25) is 5.02 Å². The first-order chi connectivity index (χ1) is 15.4. The van der Waals surface area contributed by atoms with E-state index in [4.69, 9.17) is 11.6 Å². The molecule has 0 spiro atoms. The van der Waals surface area contributed by atoms with Gasteiger partial charge < -0.3 is 10.6 Å². The number of anilines is 1. The van der Waals surface area contributed by atoms with Gasteiger partial charge in [0.1, 0.15) is 5.69 Å². The van der Waals surface area contributed by atoms with Crippen molar-refractivity contribution in [3.8, 4) is 5.82 Å². The number of hydrogen-bond acceptors (Lipinski definition) is 4. The van der Waals surface area contributed by atoms with Gasteiger partial charge in [0.15, 0.2) is 11.5 Å². The van der Waals surface area contributed by atoms with Gasteiger partial charge in [0.25, 0.3) is 11.8 Å². The van der Waals surface area contributed by atoms with Crippen LogP contribution in [0.15, 0.2) is 36.5 Å². The normalized spacial score (nSPS) is 11.5. The minimum atomic E-state index is -4.80. The van der Waals surface area contributed by atoms with Gasteiger partial charge in [0, 0.05) is 21.9 Å². The molecule has 33 heavy (non-hydrogen) atoms. The van der Waals surface area contributed by atoms with Crippen molar-refractivity contribution in [2.45, 2.75) is 33.0 Å². The molecule has 2 aromatic heterocycles. The molecule has 0 radical (unpaired) electrons. The van der Waals surface area contributed by atoms with Gasteiger partial charge in [-0.25, -0.2) is 9.67 Å². The monoisotopic (exact) mass is 591 g/mol. The van der Waals surface area contributed by atoms with Crippen LogP contribution < -0.4 is 10.6 Å². The summed E-state index contributed by atoms with van der Waals surface area (Å²) in [5.74, 6) is -1.49. The van der Waals surface area contributed by atoms with Crippen LogP contribution in [-0.4, -0.2) is 32.6 Å². The van der Waals surface area contributed by atoms with Gasteiger partial charge in [-0.2, -0.15) is 18.3 Å². The average Bonchev–Trinajstić information content (AvgIpc) is 3.15. The highest BCUT2D eigenvalue weighted by molar-refractivity contribution is 14.1. The summed E-state index contributed by atoms with van der Waals surface area (Å²) >= 11 is 8.12. The van der Waals surface area contributed by atoms with E-state index in [0.717, 1.165) is 8.25 Å². The number of hydrogen-bond donors (Lipinski definition) is 2. The number of amides is 2. The molecule has 0 aliphatic rings. The predicted octanol–water partition coefficient (Wildman–Crippen LogP) is 5.24. The van der Waals surface area contributed by atoms with E-state index in [1.165, 1.54) is 18.3 Å². The lowest BCUT2D eigenvalue weighted by molar-refractivity contribution is -0.141. The van der Waals surface area contributed by atoms with Crippen molar-refractivity contribution in [2.24, 2.45) is 0 Å². The number of carbonyl (C=O) groups is 2. The van der Waals surface area contributed by atoms with E-state index in [1.54, 1.807) is 32.9 Å². The molecule has 2 heterocycles. The van der Waals surface area contributed by atoms with Crippen molar-refractivity contribution in [1.82, 2.24) is 20.1 Å². The van der Waals surface area contributed by atoms with Gasteiger partial charge in [0.05, 0.1) is 16.3 Å². The lowest BCUT2D eigenvalue weighted by Crippen LogP contribution is -2.31. The molecule has 3 aromatic rings. The maximum absolute atomic E-state index is 13.4. The number of nitrogens with zero attached hydrogens (tertiary/aromatic N) is 3. The molecule has 2 N–H and O–H groups in total. The molecule has 7 nitrogen and oxygen atoms in total. The van der Waals surface area contributed by atoms with Gasteiger partial charge in [-0.1, -0.05) is 11.6 Å². The number of alkyl halides is 3. The molecule has 12 heteroatoms. The van der Waals surface area contributed by atoms with E-state index in [1.807, 2.05) is 22.6 Å². The number of pyridine rings is 1. The number of benzene rings is 1. The third-order valence-electron chi connectivity index (χ3n) is 4.38. The van der Waals surface area contributed by atoms with Crippen LogP contribution in [0.3, 0.4) is 0 Å². The SMILES string of the molecule is Cc1cc(I)cc(C(=O)NC(C)C)c1NC(=O)c1cc(C(F)(F)F)nn1-c1ncccc1Cl. The van der Waals surface area contributed by atoms with Crippen LogP contribution >= 0.6 is 34.2 Å². The summed E-state index contributed by atoms with van der Waals surface area (Å²) in [6.07, 6.45) is -3.49. The van der Waals surface area contributed by atoms with Gasteiger partial charge in [-0.05, 0) is 73.2 Å². The predicted molar refractivity (Wildman–Crippen MR) is 126 cm³/mol. The van der Waals surface area contributed by atoms with Crippen molar-refractivity contribution >= 4 is 51.7 Å². The van der Waals surface area contributed by atoms with Crippen molar-refractivity contribution in [1.29, 1.82) is 0 Å². The van der Waals surface area contributed by atoms with Crippen LogP contribution in [0.5, 0.6) is 0 Å². The van der Waals surface area contributed by atoms with Gasteiger partial charge >= 0.3 is 6.18 Å². The molecule has 1 aromatic carbocycles. The fourth-order valence-electron chi connectivity index (χ4n) is 2.98. The topological polar surface area (TPSA) is 88.9 Å². The minimum Gasteiger partial charge on any atom is -0.350 e. The second kappa shape index (κ2) is 9.67. The number of aryl methyl sites for hydroxylation is 1. The molecule has 0 saturated carbocycles. The lowest BCUT2D eigenvalue weighted by Gasteiger charge is -2.16. The number of aromatic nitrogens is 3. The fraction of sp³-hybridized carbons (Fsp3) is 0.238. The van der Waals surface area contributed by atoms with E-state index in [0.29, 0.717) is 11.6 Å². The summed E-state index contributed by atoms with van der Waals surface area (Å²) in [5.41, 5.74) is -0.823. The van der Waals surface area contributed by atoms with E-state index in [9.17, 15) is 22.8 Å². The quantitative estimate of drug-likeness (QED) is 0.397. The highest BCUT2D eigenvalue weighted by atomic mass is 127. The summed E-state index contributed by atoms with van der Waals surface area (Å²) in [4.78, 5) is 29.8. The standard InChI is InChI=1S/C21H18ClF3IN5O2/c1-10(2)28-19(32)13-8-12(26)7-11(3)17(13)29-20(33)15-9-16(21(23,24)25)30-31(15)18-14(22)5-4-6-27-18/h4-10H,1-3H3,(H,28,32)(H,29,33). The Morgan fingerprint density at radius 3 is 2.48 bits per heavy atom. The van der Waals surface area contributed by atoms with Gasteiger partial charge in [-0.3, -0.25) is 9.59 Å². The van der Waals surface area contributed by atoms with Gasteiger partial charge in [-0.15, -0.1) is 0 Å². The molecule has 0 aliphatic carbocycles. The Hall–Kier alpha value is -2.67. The van der Waals surface area contributed by atoms with Gasteiger partial charge in [0.2, 0.25) is 0 Å². The number of carbonyl (C=O) groups excluding carboxylic acids is 2. The van der Waals surface area contributed by atoms with Crippen LogP contribution in [0, 0.1) is 10.5 Å². The highest BCUT2D eigenvalue weighted by Gasteiger charge is 2.36. The summed E-state index contributed by atoms with van der Waals surface area (Å²) in [6, 6.07) is 6.66. The zero-order valence-corrected chi connectivity index (χ0v) is 20.5. The molecule has 3 rings (SSSR count). The Bertz CT molecular complexity index is 1230. The molecule has 0 bridgehead atoms. The first-order valence-corrected chi connectivity index (χ1v) is 11.0. The highest BCUT2D eigenvalue weighted by Crippen LogP contribution is 2.31. The molecular weight excluding hydrogens is 574 g/mol. The molecule has 0 fully saturated rings. The first-order valence-electron chi connectivity index (χ1n) is 9.59. The van der Waals surface area contributed by atoms with E-state index >= 15 is 0 Å². The molecule has 0 saturated heterocycles. The minimum absolute atomic E-state index is 0.00539. The Kier molecular flexibility index (Phi) is 7.32. The Labute approximate surface area is 205 Å². The molecule has 0 aliphatic heterocycles. The largest absolute Gasteiger partial charge is 0.435 e. The van der Waals surface area contributed by atoms with E-state index < -0.39 is 29.4 Å². The maximum atomic E-state index is 13.4. The maximum Gasteiger partial charge on any atom is 0.435 e.